The highest BCUT2D eigenvalue weighted by molar-refractivity contribution is 6.58. The van der Waals surface area contributed by atoms with Crippen molar-refractivity contribution in [2.75, 3.05) is 0 Å². The van der Waals surface area contributed by atoms with Gasteiger partial charge in [0.1, 0.15) is 0 Å². The maximum atomic E-state index is 9.00. The van der Waals surface area contributed by atoms with Crippen molar-refractivity contribution in [3.63, 3.8) is 0 Å². The van der Waals surface area contributed by atoms with Gasteiger partial charge in [-0.25, -0.2) is 0 Å². The lowest BCUT2D eigenvalue weighted by molar-refractivity contribution is 0.399. The molecule has 0 fully saturated rings. The number of nitrogens with zero attached hydrogens (tertiary/aromatic N) is 2. The van der Waals surface area contributed by atoms with Gasteiger partial charge in [-0.2, -0.15) is 0 Å². The van der Waals surface area contributed by atoms with Crippen LogP contribution in [0.3, 0.4) is 0 Å². The predicted octanol–water partition coefficient (Wildman–Crippen LogP) is 0.714. The summed E-state index contributed by atoms with van der Waals surface area (Å²) in [7, 11) is -1.47. The van der Waals surface area contributed by atoms with E-state index in [1.807, 2.05) is 20.8 Å². The molecule has 0 unspecified atom stereocenters. The third kappa shape index (κ3) is 2.60. The van der Waals surface area contributed by atoms with Crippen LogP contribution < -0.4 is 5.46 Å². The van der Waals surface area contributed by atoms with Crippen LogP contribution >= 0.6 is 0 Å². The van der Waals surface area contributed by atoms with Crippen molar-refractivity contribution in [1.29, 1.82) is 0 Å². The molecule has 1 aromatic heterocycles. The monoisotopic (exact) mass is 246 g/mol. The average molecular weight is 246 g/mol. The number of hydrogen-bond acceptors (Lipinski definition) is 5. The van der Waals surface area contributed by atoms with Crippen molar-refractivity contribution in [3.05, 3.63) is 30.2 Å². The van der Waals surface area contributed by atoms with E-state index in [0.717, 1.165) is 5.56 Å². The predicted molar refractivity (Wildman–Crippen MR) is 68.3 cm³/mol. The van der Waals surface area contributed by atoms with E-state index < -0.39 is 7.12 Å². The van der Waals surface area contributed by atoms with Gasteiger partial charge in [-0.05, 0) is 17.6 Å². The van der Waals surface area contributed by atoms with E-state index in [-0.39, 0.29) is 5.41 Å². The topological polar surface area (TPSA) is 79.4 Å². The van der Waals surface area contributed by atoms with E-state index in [4.69, 9.17) is 14.5 Å². The number of rotatable bonds is 2. The second-order valence-electron chi connectivity index (χ2n) is 5.16. The molecule has 0 amide bonds. The summed E-state index contributed by atoms with van der Waals surface area (Å²) in [5.74, 6) is 1.00. The Balaban J connectivity index is 2.29. The lowest BCUT2D eigenvalue weighted by Gasteiger charge is -2.10. The van der Waals surface area contributed by atoms with Gasteiger partial charge in [0.05, 0.1) is 0 Å². The van der Waals surface area contributed by atoms with Crippen LogP contribution in [0, 0.1) is 0 Å². The molecular weight excluding hydrogens is 231 g/mol. The summed E-state index contributed by atoms with van der Waals surface area (Å²) in [6.07, 6.45) is 0. The molecule has 6 heteroatoms. The van der Waals surface area contributed by atoms with Crippen molar-refractivity contribution in [1.82, 2.24) is 10.2 Å². The number of hydrogen-bond donors (Lipinski definition) is 2. The standard InChI is InChI=1S/C12H15BN2O3/c1-12(2,3)11-15-14-10(18-11)8-4-6-9(7-5-8)13(16)17/h4-7,16-17H,1-3H3. The third-order valence-electron chi connectivity index (χ3n) is 2.52. The van der Waals surface area contributed by atoms with Crippen molar-refractivity contribution < 1.29 is 14.5 Å². The van der Waals surface area contributed by atoms with Crippen LogP contribution in [0.4, 0.5) is 0 Å². The van der Waals surface area contributed by atoms with E-state index in [1.165, 1.54) is 0 Å². The highest BCUT2D eigenvalue weighted by Gasteiger charge is 2.22. The van der Waals surface area contributed by atoms with E-state index in [0.29, 0.717) is 17.2 Å². The lowest BCUT2D eigenvalue weighted by Crippen LogP contribution is -2.29. The van der Waals surface area contributed by atoms with Gasteiger partial charge < -0.3 is 14.5 Å². The Kier molecular flexibility index (Phi) is 3.23. The SMILES string of the molecule is CC(C)(C)c1nnc(-c2ccc(B(O)O)cc2)o1. The first kappa shape index (κ1) is 12.8. The van der Waals surface area contributed by atoms with Gasteiger partial charge in [-0.1, -0.05) is 32.9 Å². The minimum Gasteiger partial charge on any atom is -0.423 e. The smallest absolute Gasteiger partial charge is 0.423 e. The lowest BCUT2D eigenvalue weighted by atomic mass is 9.80. The molecule has 1 heterocycles. The fourth-order valence-electron chi connectivity index (χ4n) is 1.44. The zero-order valence-corrected chi connectivity index (χ0v) is 10.6. The van der Waals surface area contributed by atoms with Crippen LogP contribution in [0.25, 0.3) is 11.5 Å². The van der Waals surface area contributed by atoms with Crippen LogP contribution in [0.15, 0.2) is 28.7 Å². The quantitative estimate of drug-likeness (QED) is 0.763. The van der Waals surface area contributed by atoms with Gasteiger partial charge in [0.25, 0.3) is 0 Å². The van der Waals surface area contributed by atoms with Gasteiger partial charge >= 0.3 is 7.12 Å². The molecule has 0 spiro atoms. The molecule has 94 valence electrons. The van der Waals surface area contributed by atoms with Gasteiger partial charge in [0.15, 0.2) is 0 Å². The molecule has 0 saturated heterocycles. The first-order valence-corrected chi connectivity index (χ1v) is 5.68. The Morgan fingerprint density at radius 1 is 1.06 bits per heavy atom. The average Bonchev–Trinajstić information content (AvgIpc) is 2.78. The normalized spacial score (nSPS) is 11.6. The number of benzene rings is 1. The summed E-state index contributed by atoms with van der Waals surface area (Å²) in [4.78, 5) is 0. The van der Waals surface area contributed by atoms with Gasteiger partial charge in [0.2, 0.25) is 11.8 Å². The highest BCUT2D eigenvalue weighted by Crippen LogP contribution is 2.24. The molecular formula is C12H15BN2O3. The minimum atomic E-state index is -1.47. The summed E-state index contributed by atoms with van der Waals surface area (Å²) in [6, 6.07) is 6.66. The molecule has 2 N–H and O–H groups in total. The largest absolute Gasteiger partial charge is 0.488 e. The molecule has 0 radical (unpaired) electrons. The summed E-state index contributed by atoms with van der Waals surface area (Å²) in [6.45, 7) is 5.99. The fraction of sp³-hybridized carbons (Fsp3) is 0.333. The molecule has 0 aliphatic heterocycles. The first-order valence-electron chi connectivity index (χ1n) is 5.68. The van der Waals surface area contributed by atoms with Crippen LogP contribution in [0.2, 0.25) is 0 Å². The van der Waals surface area contributed by atoms with Gasteiger partial charge in [-0.3, -0.25) is 0 Å². The van der Waals surface area contributed by atoms with E-state index >= 15 is 0 Å². The second kappa shape index (κ2) is 4.55. The van der Waals surface area contributed by atoms with Crippen LogP contribution in [-0.4, -0.2) is 27.4 Å². The minimum absolute atomic E-state index is 0.188. The molecule has 0 bridgehead atoms. The Morgan fingerprint density at radius 2 is 1.67 bits per heavy atom. The van der Waals surface area contributed by atoms with E-state index in [1.54, 1.807) is 24.3 Å². The Bertz CT molecular complexity index is 529. The summed E-state index contributed by atoms with van der Waals surface area (Å²) in [5, 5.41) is 26.0. The molecule has 0 saturated carbocycles. The maximum Gasteiger partial charge on any atom is 0.488 e. The van der Waals surface area contributed by atoms with Crippen molar-refractivity contribution in [3.8, 4) is 11.5 Å². The van der Waals surface area contributed by atoms with E-state index in [9.17, 15) is 0 Å². The van der Waals surface area contributed by atoms with Crippen molar-refractivity contribution in [2.45, 2.75) is 26.2 Å². The van der Waals surface area contributed by atoms with Crippen molar-refractivity contribution >= 4 is 12.6 Å². The number of aromatic nitrogens is 2. The Hall–Kier alpha value is -1.66. The molecule has 2 rings (SSSR count). The molecule has 0 atom stereocenters. The molecule has 0 aliphatic rings. The zero-order chi connectivity index (χ0) is 13.3. The molecule has 2 aromatic rings. The van der Waals surface area contributed by atoms with Gasteiger partial charge in [0, 0.05) is 11.0 Å². The third-order valence-corrected chi connectivity index (χ3v) is 2.52. The summed E-state index contributed by atoms with van der Waals surface area (Å²) < 4.78 is 5.59. The Labute approximate surface area is 106 Å². The fourth-order valence-corrected chi connectivity index (χ4v) is 1.44. The van der Waals surface area contributed by atoms with E-state index in [2.05, 4.69) is 10.2 Å². The van der Waals surface area contributed by atoms with Crippen molar-refractivity contribution in [2.24, 2.45) is 0 Å². The molecule has 5 nitrogen and oxygen atoms in total. The molecule has 0 aliphatic carbocycles. The highest BCUT2D eigenvalue weighted by atomic mass is 16.4. The summed E-state index contributed by atoms with van der Waals surface area (Å²) >= 11 is 0. The van der Waals surface area contributed by atoms with Gasteiger partial charge in [-0.15, -0.1) is 10.2 Å². The molecule has 1 aromatic carbocycles. The first-order chi connectivity index (χ1) is 8.38. The van der Waals surface area contributed by atoms with Crippen LogP contribution in [0.5, 0.6) is 0 Å². The Morgan fingerprint density at radius 3 is 2.11 bits per heavy atom. The molecule has 18 heavy (non-hydrogen) atoms. The maximum absolute atomic E-state index is 9.00. The van der Waals surface area contributed by atoms with Crippen LogP contribution in [0.1, 0.15) is 26.7 Å². The second-order valence-corrected chi connectivity index (χ2v) is 5.16. The summed E-state index contributed by atoms with van der Waals surface area (Å²) in [5.41, 5.74) is 0.989. The zero-order valence-electron chi connectivity index (χ0n) is 10.6. The van der Waals surface area contributed by atoms with Crippen LogP contribution in [-0.2, 0) is 5.41 Å².